The summed E-state index contributed by atoms with van der Waals surface area (Å²) in [6, 6.07) is 5.03. The average Bonchev–Trinajstić information content (AvgIpc) is 2.18. The van der Waals surface area contributed by atoms with E-state index in [4.69, 9.17) is 0 Å². The molecule has 0 atom stereocenters. The summed E-state index contributed by atoms with van der Waals surface area (Å²) < 4.78 is 0. The highest BCUT2D eigenvalue weighted by Crippen LogP contribution is 2.01. The van der Waals surface area contributed by atoms with Crippen LogP contribution in [0.25, 0.3) is 0 Å². The molecule has 1 aromatic heterocycles. The number of rotatable bonds is 1. The van der Waals surface area contributed by atoms with Crippen LogP contribution in [0, 0.1) is 0 Å². The van der Waals surface area contributed by atoms with E-state index in [1.165, 1.54) is 0 Å². The molecule has 1 aliphatic rings. The molecule has 0 unspecified atom stereocenters. The Bertz CT molecular complexity index is 410. The minimum absolute atomic E-state index is 0.314. The van der Waals surface area contributed by atoms with E-state index in [1.807, 2.05) is 6.07 Å². The quantitative estimate of drug-likeness (QED) is 0.678. The Labute approximate surface area is 80.6 Å². The summed E-state index contributed by atoms with van der Waals surface area (Å²) in [5.41, 5.74) is 0.614. The number of hydrogen-bond acceptors (Lipinski definition) is 3. The molecule has 70 valence electrons. The van der Waals surface area contributed by atoms with Crippen molar-refractivity contribution in [3.8, 4) is 0 Å². The van der Waals surface area contributed by atoms with E-state index in [0.29, 0.717) is 17.4 Å². The minimum atomic E-state index is -0.342. The van der Waals surface area contributed by atoms with Crippen LogP contribution in [0.4, 0.5) is 4.79 Å². The highest BCUT2D eigenvalue weighted by atomic mass is 16.2. The van der Waals surface area contributed by atoms with Crippen molar-refractivity contribution in [2.75, 3.05) is 0 Å². The van der Waals surface area contributed by atoms with Crippen LogP contribution in [0.2, 0.25) is 0 Å². The number of aliphatic imine (C=N–C) groups is 1. The smallest absolute Gasteiger partial charge is 0.292 e. The highest BCUT2D eigenvalue weighted by molar-refractivity contribution is 6.08. The summed E-state index contributed by atoms with van der Waals surface area (Å²) in [4.78, 5) is 19.1. The van der Waals surface area contributed by atoms with E-state index in [9.17, 15) is 4.79 Å². The molecule has 0 bridgehead atoms. The highest BCUT2D eigenvalue weighted by Gasteiger charge is 2.15. The van der Waals surface area contributed by atoms with Gasteiger partial charge in [-0.2, -0.15) is 0 Å². The molecule has 14 heavy (non-hydrogen) atoms. The lowest BCUT2D eigenvalue weighted by Crippen LogP contribution is -2.43. The summed E-state index contributed by atoms with van der Waals surface area (Å²) in [7, 11) is 0. The number of nitrogens with one attached hydrogen (secondary N) is 2. The molecule has 0 fully saturated rings. The lowest BCUT2D eigenvalue weighted by atomic mass is 10.3. The fourth-order valence-electron chi connectivity index (χ4n) is 1.08. The Kier molecular flexibility index (Phi) is 1.98. The zero-order valence-corrected chi connectivity index (χ0v) is 7.32. The molecule has 2 N–H and O–H groups in total. The van der Waals surface area contributed by atoms with Gasteiger partial charge in [0.25, 0.3) is 0 Å². The van der Waals surface area contributed by atoms with Gasteiger partial charge in [-0.05, 0) is 12.1 Å². The lowest BCUT2D eigenvalue weighted by molar-refractivity contribution is 0.246. The summed E-state index contributed by atoms with van der Waals surface area (Å²) in [6.45, 7) is 3.55. The number of nitrogens with zero attached hydrogens (tertiary/aromatic N) is 2. The summed E-state index contributed by atoms with van der Waals surface area (Å²) >= 11 is 0. The van der Waals surface area contributed by atoms with E-state index in [-0.39, 0.29) is 6.03 Å². The van der Waals surface area contributed by atoms with Gasteiger partial charge in [0.1, 0.15) is 11.5 Å². The van der Waals surface area contributed by atoms with Gasteiger partial charge in [-0.25, -0.2) is 9.79 Å². The molecule has 0 radical (unpaired) electrons. The molecule has 0 saturated carbocycles. The van der Waals surface area contributed by atoms with Crippen molar-refractivity contribution in [1.82, 2.24) is 15.6 Å². The molecule has 0 spiro atoms. The number of carbonyl (C=O) groups excluding carboxylic acids is 1. The van der Waals surface area contributed by atoms with Gasteiger partial charge in [0, 0.05) is 6.20 Å². The van der Waals surface area contributed by atoms with Crippen LogP contribution >= 0.6 is 0 Å². The molecule has 1 aliphatic heterocycles. The summed E-state index contributed by atoms with van der Waals surface area (Å²) in [6.07, 6.45) is 1.63. The molecule has 0 aromatic carbocycles. The summed E-state index contributed by atoms with van der Waals surface area (Å²) in [5.74, 6) is 0.730. The Balaban J connectivity index is 2.35. The SMILES string of the molecule is C=C1N=C(c2ccccn2)NC(=O)N1. The molecular formula is C9H8N4O. The molecular weight excluding hydrogens is 180 g/mol. The van der Waals surface area contributed by atoms with Crippen LogP contribution in [0.3, 0.4) is 0 Å². The van der Waals surface area contributed by atoms with Crippen molar-refractivity contribution in [3.63, 3.8) is 0 Å². The monoisotopic (exact) mass is 188 g/mol. The predicted molar refractivity (Wildman–Crippen MR) is 51.6 cm³/mol. The normalized spacial score (nSPS) is 15.6. The van der Waals surface area contributed by atoms with E-state index < -0.39 is 0 Å². The van der Waals surface area contributed by atoms with Gasteiger partial charge < -0.3 is 0 Å². The fraction of sp³-hybridized carbons (Fsp3) is 0. The number of aromatic nitrogens is 1. The van der Waals surface area contributed by atoms with Crippen molar-refractivity contribution < 1.29 is 4.79 Å². The van der Waals surface area contributed by atoms with Gasteiger partial charge in [-0.1, -0.05) is 12.6 Å². The van der Waals surface area contributed by atoms with E-state index in [0.717, 1.165) is 0 Å². The second kappa shape index (κ2) is 3.29. The van der Waals surface area contributed by atoms with Crippen LogP contribution in [0.1, 0.15) is 5.69 Å². The van der Waals surface area contributed by atoms with Crippen molar-refractivity contribution in [2.24, 2.45) is 4.99 Å². The molecule has 5 nitrogen and oxygen atoms in total. The Morgan fingerprint density at radius 1 is 1.29 bits per heavy atom. The largest absolute Gasteiger partial charge is 0.326 e. The van der Waals surface area contributed by atoms with Gasteiger partial charge in [-0.15, -0.1) is 0 Å². The van der Waals surface area contributed by atoms with Crippen molar-refractivity contribution in [3.05, 3.63) is 42.5 Å². The predicted octanol–water partition coefficient (Wildman–Crippen LogP) is 0.612. The number of amidine groups is 1. The van der Waals surface area contributed by atoms with Gasteiger partial charge in [0.2, 0.25) is 0 Å². The van der Waals surface area contributed by atoms with Gasteiger partial charge in [-0.3, -0.25) is 15.6 Å². The van der Waals surface area contributed by atoms with Crippen LogP contribution in [-0.4, -0.2) is 16.9 Å². The first-order valence-corrected chi connectivity index (χ1v) is 4.03. The van der Waals surface area contributed by atoms with Crippen molar-refractivity contribution in [2.45, 2.75) is 0 Å². The first kappa shape index (κ1) is 8.43. The van der Waals surface area contributed by atoms with E-state index in [2.05, 4.69) is 27.2 Å². The molecule has 2 rings (SSSR count). The molecule has 5 heteroatoms. The third-order valence-electron chi connectivity index (χ3n) is 1.64. The third kappa shape index (κ3) is 1.61. The number of amides is 2. The van der Waals surface area contributed by atoms with Gasteiger partial charge >= 0.3 is 6.03 Å². The van der Waals surface area contributed by atoms with Gasteiger partial charge in [0.15, 0.2) is 5.84 Å². The lowest BCUT2D eigenvalue weighted by Gasteiger charge is -2.14. The van der Waals surface area contributed by atoms with Crippen LogP contribution < -0.4 is 10.6 Å². The molecule has 2 heterocycles. The second-order valence-corrected chi connectivity index (χ2v) is 2.70. The molecule has 2 amide bonds. The van der Waals surface area contributed by atoms with Crippen molar-refractivity contribution in [1.29, 1.82) is 0 Å². The third-order valence-corrected chi connectivity index (χ3v) is 1.64. The Morgan fingerprint density at radius 3 is 2.79 bits per heavy atom. The Hall–Kier alpha value is -2.17. The van der Waals surface area contributed by atoms with Gasteiger partial charge in [0.05, 0.1) is 0 Å². The zero-order valence-electron chi connectivity index (χ0n) is 7.32. The van der Waals surface area contributed by atoms with Crippen molar-refractivity contribution >= 4 is 11.9 Å². The number of hydrogen-bond donors (Lipinski definition) is 2. The Morgan fingerprint density at radius 2 is 2.14 bits per heavy atom. The number of urea groups is 1. The minimum Gasteiger partial charge on any atom is -0.292 e. The first-order valence-electron chi connectivity index (χ1n) is 4.03. The van der Waals surface area contributed by atoms with Crippen LogP contribution in [0.15, 0.2) is 41.8 Å². The fourth-order valence-corrected chi connectivity index (χ4v) is 1.08. The maximum absolute atomic E-state index is 11.1. The van der Waals surface area contributed by atoms with Crippen LogP contribution in [-0.2, 0) is 0 Å². The average molecular weight is 188 g/mol. The number of carbonyl (C=O) groups is 1. The molecule has 1 aromatic rings. The van der Waals surface area contributed by atoms with Crippen LogP contribution in [0.5, 0.6) is 0 Å². The summed E-state index contributed by atoms with van der Waals surface area (Å²) in [5, 5.41) is 4.96. The maximum Gasteiger partial charge on any atom is 0.326 e. The molecule has 0 saturated heterocycles. The maximum atomic E-state index is 11.1. The first-order chi connectivity index (χ1) is 6.75. The zero-order chi connectivity index (χ0) is 9.97. The standard InChI is InChI=1S/C9H8N4O/c1-6-11-8(13-9(14)12-6)7-4-2-3-5-10-7/h2-5H,1H2,(H2,11,12,13,14). The van der Waals surface area contributed by atoms with E-state index in [1.54, 1.807) is 18.3 Å². The number of pyridine rings is 1. The topological polar surface area (TPSA) is 66.4 Å². The molecule has 0 aliphatic carbocycles. The second-order valence-electron chi connectivity index (χ2n) is 2.70. The van der Waals surface area contributed by atoms with E-state index >= 15 is 0 Å².